The number of carbonyl (C=O) groups excluding carboxylic acids is 5. The van der Waals surface area contributed by atoms with Gasteiger partial charge in [0.2, 0.25) is 29.5 Å². The van der Waals surface area contributed by atoms with Gasteiger partial charge in [-0.2, -0.15) is 0 Å². The van der Waals surface area contributed by atoms with Crippen molar-refractivity contribution in [3.05, 3.63) is 29.8 Å². The van der Waals surface area contributed by atoms with Gasteiger partial charge in [0.1, 0.15) is 23.9 Å². The predicted molar refractivity (Wildman–Crippen MR) is 174 cm³/mol. The standard InChI is InChI=1S/C32H50N6O6.ClH/c1-19(2)15-25-31(42)36-26(16-22-7-9-24(44-6)10-8-22)30(41)34-21(5)29(40)37-27(20(3)4)17-38(18-28(39)35-25)32(43)23-11-13-33-14-12-23;/h7-10,19-21,23,25-27,33H,11-18H2,1-6H3,(H,34,41)(H,35,39)(H,36,42)(H,37,40);1H/t21-,25+,26+,27-;/m1./s1. The summed E-state index contributed by atoms with van der Waals surface area (Å²) in [6.45, 7) is 10.6. The van der Waals surface area contributed by atoms with Crippen LogP contribution in [0.4, 0.5) is 0 Å². The molecule has 2 fully saturated rings. The second-order valence-electron chi connectivity index (χ2n) is 12.7. The topological polar surface area (TPSA) is 158 Å². The van der Waals surface area contributed by atoms with Gasteiger partial charge in [-0.05, 0) is 68.8 Å². The molecule has 0 saturated carbocycles. The van der Waals surface area contributed by atoms with Crippen molar-refractivity contribution in [3.63, 3.8) is 0 Å². The molecule has 0 bridgehead atoms. The van der Waals surface area contributed by atoms with Crippen LogP contribution in [0.25, 0.3) is 0 Å². The maximum atomic E-state index is 13.7. The second-order valence-corrected chi connectivity index (χ2v) is 12.7. The van der Waals surface area contributed by atoms with Gasteiger partial charge in [-0.15, -0.1) is 12.4 Å². The van der Waals surface area contributed by atoms with E-state index in [1.54, 1.807) is 38.3 Å². The Bertz CT molecular complexity index is 1160. The minimum absolute atomic E-state index is 0. The van der Waals surface area contributed by atoms with Crippen LogP contribution in [0, 0.1) is 17.8 Å². The van der Waals surface area contributed by atoms with Crippen LogP contribution in [0.3, 0.4) is 0 Å². The maximum absolute atomic E-state index is 13.7. The van der Waals surface area contributed by atoms with Crippen molar-refractivity contribution in [1.29, 1.82) is 0 Å². The lowest BCUT2D eigenvalue weighted by atomic mass is 9.95. The van der Waals surface area contributed by atoms with E-state index < -0.39 is 47.8 Å². The molecule has 3 rings (SSSR count). The number of nitrogens with zero attached hydrogens (tertiary/aromatic N) is 1. The number of halogens is 1. The summed E-state index contributed by atoms with van der Waals surface area (Å²) >= 11 is 0. The fourth-order valence-electron chi connectivity index (χ4n) is 5.50. The molecule has 2 heterocycles. The van der Waals surface area contributed by atoms with Gasteiger partial charge in [-0.25, -0.2) is 0 Å². The summed E-state index contributed by atoms with van der Waals surface area (Å²) in [5.74, 6) is -1.65. The van der Waals surface area contributed by atoms with E-state index in [9.17, 15) is 24.0 Å². The number of ether oxygens (including phenoxy) is 1. The molecular weight excluding hydrogens is 600 g/mol. The van der Waals surface area contributed by atoms with Crippen molar-refractivity contribution >= 4 is 41.9 Å². The van der Waals surface area contributed by atoms with Crippen LogP contribution >= 0.6 is 12.4 Å². The molecule has 2 aliphatic heterocycles. The van der Waals surface area contributed by atoms with Crippen LogP contribution in [0.5, 0.6) is 5.75 Å². The molecule has 0 aliphatic carbocycles. The highest BCUT2D eigenvalue weighted by Crippen LogP contribution is 2.18. The maximum Gasteiger partial charge on any atom is 0.243 e. The number of benzene rings is 1. The van der Waals surface area contributed by atoms with Gasteiger partial charge in [0.25, 0.3) is 0 Å². The zero-order valence-corrected chi connectivity index (χ0v) is 28.1. The number of amides is 5. The molecule has 4 atom stereocenters. The summed E-state index contributed by atoms with van der Waals surface area (Å²) in [6, 6.07) is 3.83. The van der Waals surface area contributed by atoms with Gasteiger partial charge in [0, 0.05) is 24.9 Å². The summed E-state index contributed by atoms with van der Waals surface area (Å²) in [5.41, 5.74) is 0.776. The molecule has 5 N–H and O–H groups in total. The van der Waals surface area contributed by atoms with Crippen LogP contribution in [-0.4, -0.2) is 91.9 Å². The SMILES string of the molecule is COc1ccc(C[C@@H]2NC(=O)[C@H](CC(C)C)NC(=O)CN(C(=O)C3CCNCC3)C[C@H](C(C)C)NC(=O)[C@@H](C)NC2=O)cc1.Cl. The molecule has 2 saturated heterocycles. The number of methoxy groups -OCH3 is 1. The Kier molecular flexibility index (Phi) is 15.1. The minimum Gasteiger partial charge on any atom is -0.497 e. The largest absolute Gasteiger partial charge is 0.497 e. The number of hydrogen-bond donors (Lipinski definition) is 5. The number of piperidine rings is 1. The van der Waals surface area contributed by atoms with E-state index in [-0.39, 0.29) is 55.6 Å². The fraction of sp³-hybridized carbons (Fsp3) is 0.656. The van der Waals surface area contributed by atoms with E-state index in [0.717, 1.165) is 5.56 Å². The second kappa shape index (κ2) is 17.9. The summed E-state index contributed by atoms with van der Waals surface area (Å²) in [5, 5.41) is 14.7. The third-order valence-electron chi connectivity index (χ3n) is 8.23. The van der Waals surface area contributed by atoms with E-state index in [1.807, 2.05) is 27.7 Å². The first-order valence-corrected chi connectivity index (χ1v) is 15.7. The summed E-state index contributed by atoms with van der Waals surface area (Å²) in [4.78, 5) is 69.1. The smallest absolute Gasteiger partial charge is 0.243 e. The minimum atomic E-state index is -1.01. The number of nitrogens with one attached hydrogen (secondary N) is 5. The Balaban J connectivity index is 0.00000705. The quantitative estimate of drug-likeness (QED) is 0.296. The monoisotopic (exact) mass is 650 g/mol. The van der Waals surface area contributed by atoms with E-state index in [4.69, 9.17) is 4.74 Å². The lowest BCUT2D eigenvalue weighted by Gasteiger charge is -2.34. The molecular formula is C32H51ClN6O6. The number of rotatable bonds is 7. The first-order chi connectivity index (χ1) is 20.9. The van der Waals surface area contributed by atoms with Crippen molar-refractivity contribution in [2.45, 2.75) is 84.5 Å². The predicted octanol–water partition coefficient (Wildman–Crippen LogP) is 1.16. The molecule has 45 heavy (non-hydrogen) atoms. The van der Waals surface area contributed by atoms with Crippen LogP contribution in [0.1, 0.15) is 59.4 Å². The lowest BCUT2D eigenvalue weighted by molar-refractivity contribution is -0.141. The molecule has 0 aromatic heterocycles. The lowest BCUT2D eigenvalue weighted by Crippen LogP contribution is -2.57. The Morgan fingerprint density at radius 1 is 0.889 bits per heavy atom. The Morgan fingerprint density at radius 3 is 2.09 bits per heavy atom. The van der Waals surface area contributed by atoms with E-state index in [0.29, 0.717) is 38.1 Å². The Morgan fingerprint density at radius 2 is 1.51 bits per heavy atom. The highest BCUT2D eigenvalue weighted by molar-refractivity contribution is 5.95. The molecule has 1 aromatic rings. The van der Waals surface area contributed by atoms with Crippen molar-refractivity contribution < 1.29 is 28.7 Å². The van der Waals surface area contributed by atoms with Crippen molar-refractivity contribution in [1.82, 2.24) is 31.5 Å². The van der Waals surface area contributed by atoms with Crippen LogP contribution in [0.15, 0.2) is 24.3 Å². The average molecular weight is 651 g/mol. The van der Waals surface area contributed by atoms with Gasteiger partial charge in [0.15, 0.2) is 0 Å². The fourth-order valence-corrected chi connectivity index (χ4v) is 5.50. The Labute approximate surface area is 272 Å². The van der Waals surface area contributed by atoms with Crippen LogP contribution in [0.2, 0.25) is 0 Å². The normalized spacial score (nSPS) is 24.4. The molecule has 252 valence electrons. The van der Waals surface area contributed by atoms with E-state index >= 15 is 0 Å². The molecule has 5 amide bonds. The Hall–Kier alpha value is -3.38. The summed E-state index contributed by atoms with van der Waals surface area (Å²) < 4.78 is 5.23. The summed E-state index contributed by atoms with van der Waals surface area (Å²) in [6.07, 6.45) is 1.81. The third kappa shape index (κ3) is 11.5. The van der Waals surface area contributed by atoms with Crippen LogP contribution in [-0.2, 0) is 30.4 Å². The van der Waals surface area contributed by atoms with Gasteiger partial charge in [-0.3, -0.25) is 24.0 Å². The molecule has 12 nitrogen and oxygen atoms in total. The van der Waals surface area contributed by atoms with Crippen LogP contribution < -0.4 is 31.3 Å². The van der Waals surface area contributed by atoms with Crippen molar-refractivity contribution in [3.8, 4) is 5.75 Å². The third-order valence-corrected chi connectivity index (χ3v) is 8.23. The van der Waals surface area contributed by atoms with Gasteiger partial charge < -0.3 is 36.2 Å². The number of carbonyl (C=O) groups is 5. The van der Waals surface area contributed by atoms with Crippen molar-refractivity contribution in [2.24, 2.45) is 17.8 Å². The molecule has 2 aliphatic rings. The average Bonchev–Trinajstić information content (AvgIpc) is 2.99. The van der Waals surface area contributed by atoms with E-state index in [2.05, 4.69) is 26.6 Å². The molecule has 1 aromatic carbocycles. The van der Waals surface area contributed by atoms with Crippen molar-refractivity contribution in [2.75, 3.05) is 33.3 Å². The van der Waals surface area contributed by atoms with E-state index in [1.165, 1.54) is 4.90 Å². The first kappa shape index (κ1) is 37.8. The molecule has 0 unspecified atom stereocenters. The molecule has 13 heteroatoms. The highest BCUT2D eigenvalue weighted by atomic mass is 35.5. The zero-order chi connectivity index (χ0) is 32.4. The van der Waals surface area contributed by atoms with Gasteiger partial charge >= 0.3 is 0 Å². The molecule has 0 radical (unpaired) electrons. The first-order valence-electron chi connectivity index (χ1n) is 15.7. The highest BCUT2D eigenvalue weighted by Gasteiger charge is 2.34. The summed E-state index contributed by atoms with van der Waals surface area (Å²) in [7, 11) is 1.56. The molecule has 0 spiro atoms. The number of hydrogen-bond acceptors (Lipinski definition) is 7. The zero-order valence-electron chi connectivity index (χ0n) is 27.3. The van der Waals surface area contributed by atoms with Gasteiger partial charge in [0.05, 0.1) is 13.7 Å². The van der Waals surface area contributed by atoms with Gasteiger partial charge in [-0.1, -0.05) is 39.8 Å².